The van der Waals surface area contributed by atoms with E-state index in [1.54, 1.807) is 12.1 Å². The summed E-state index contributed by atoms with van der Waals surface area (Å²) < 4.78 is 36.3. The lowest BCUT2D eigenvalue weighted by molar-refractivity contribution is -0.122. The minimum Gasteiger partial charge on any atom is -0.478 e. The van der Waals surface area contributed by atoms with Crippen molar-refractivity contribution >= 4 is 17.6 Å². The van der Waals surface area contributed by atoms with Crippen molar-refractivity contribution in [3.63, 3.8) is 0 Å². The molecule has 0 aliphatic carbocycles. The van der Waals surface area contributed by atoms with Crippen LogP contribution < -0.4 is 10.1 Å². The summed E-state index contributed by atoms with van der Waals surface area (Å²) >= 11 is 0. The topological polar surface area (TPSA) is 64.6 Å². The van der Waals surface area contributed by atoms with E-state index in [4.69, 9.17) is 4.74 Å². The van der Waals surface area contributed by atoms with E-state index in [-0.39, 0.29) is 17.0 Å². The second kappa shape index (κ2) is 7.54. The number of hydrogen-bond acceptors (Lipinski definition) is 4. The number of halogens is 2. The first-order chi connectivity index (χ1) is 11.4. The zero-order valence-electron chi connectivity index (χ0n) is 13.0. The van der Waals surface area contributed by atoms with Gasteiger partial charge in [0.2, 0.25) is 0 Å². The highest BCUT2D eigenvalue weighted by molar-refractivity contribution is 6.02. The van der Waals surface area contributed by atoms with E-state index < -0.39 is 29.6 Å². The van der Waals surface area contributed by atoms with Crippen LogP contribution in [0.5, 0.6) is 5.75 Å². The Morgan fingerprint density at radius 1 is 1.12 bits per heavy atom. The molecule has 1 N–H and O–H groups in total. The van der Waals surface area contributed by atoms with Gasteiger partial charge >= 0.3 is 5.97 Å². The lowest BCUT2D eigenvalue weighted by Gasteiger charge is -2.16. The lowest BCUT2D eigenvalue weighted by Crippen LogP contribution is -2.31. The van der Waals surface area contributed by atoms with Gasteiger partial charge in [0, 0.05) is 6.07 Å². The fourth-order valence-corrected chi connectivity index (χ4v) is 1.93. The Kier molecular flexibility index (Phi) is 5.47. The van der Waals surface area contributed by atoms with E-state index in [1.807, 2.05) is 0 Å². The third-order valence-electron chi connectivity index (χ3n) is 3.16. The van der Waals surface area contributed by atoms with E-state index in [9.17, 15) is 18.4 Å². The van der Waals surface area contributed by atoms with E-state index >= 15 is 0 Å². The number of benzene rings is 2. The third-order valence-corrected chi connectivity index (χ3v) is 3.16. The van der Waals surface area contributed by atoms with Crippen molar-refractivity contribution in [1.29, 1.82) is 0 Å². The average molecular weight is 335 g/mol. The van der Waals surface area contributed by atoms with Gasteiger partial charge in [-0.05, 0) is 31.2 Å². The van der Waals surface area contributed by atoms with Crippen LogP contribution in [0.15, 0.2) is 42.5 Å². The summed E-state index contributed by atoms with van der Waals surface area (Å²) in [5.74, 6) is -3.12. The SMILES string of the molecule is COC(=O)c1ccccc1NC(=O)[C@H](C)Oc1ccc(F)cc1F. The number of para-hydroxylation sites is 1. The molecule has 0 fully saturated rings. The molecule has 0 saturated carbocycles. The molecule has 7 heteroatoms. The van der Waals surface area contributed by atoms with Crippen LogP contribution in [0, 0.1) is 11.6 Å². The normalized spacial score (nSPS) is 11.5. The molecule has 1 atom stereocenters. The number of amides is 1. The largest absolute Gasteiger partial charge is 0.478 e. The highest BCUT2D eigenvalue weighted by atomic mass is 19.1. The Bertz CT molecular complexity index is 764. The van der Waals surface area contributed by atoms with Gasteiger partial charge in [0.15, 0.2) is 17.7 Å². The van der Waals surface area contributed by atoms with E-state index in [0.29, 0.717) is 6.07 Å². The molecule has 126 valence electrons. The quantitative estimate of drug-likeness (QED) is 0.853. The number of ether oxygens (including phenoxy) is 2. The molecule has 0 bridgehead atoms. The first kappa shape index (κ1) is 17.4. The van der Waals surface area contributed by atoms with E-state index in [1.165, 1.54) is 26.2 Å². The van der Waals surface area contributed by atoms with Crippen molar-refractivity contribution in [2.24, 2.45) is 0 Å². The van der Waals surface area contributed by atoms with Crippen LogP contribution in [-0.2, 0) is 9.53 Å². The molecular formula is C17H15F2NO4. The van der Waals surface area contributed by atoms with Crippen molar-refractivity contribution in [1.82, 2.24) is 0 Å². The van der Waals surface area contributed by atoms with Crippen molar-refractivity contribution in [3.8, 4) is 5.75 Å². The van der Waals surface area contributed by atoms with Crippen LogP contribution in [0.4, 0.5) is 14.5 Å². The summed E-state index contributed by atoms with van der Waals surface area (Å²) in [6.07, 6.45) is -1.07. The lowest BCUT2D eigenvalue weighted by atomic mass is 10.1. The molecule has 0 unspecified atom stereocenters. The van der Waals surface area contributed by atoms with Gasteiger partial charge in [-0.3, -0.25) is 4.79 Å². The van der Waals surface area contributed by atoms with Crippen molar-refractivity contribution in [3.05, 3.63) is 59.7 Å². The number of esters is 1. The summed E-state index contributed by atoms with van der Waals surface area (Å²) in [4.78, 5) is 23.8. The molecule has 5 nitrogen and oxygen atoms in total. The van der Waals surface area contributed by atoms with Crippen molar-refractivity contribution in [2.75, 3.05) is 12.4 Å². The van der Waals surface area contributed by atoms with Gasteiger partial charge in [-0.1, -0.05) is 12.1 Å². The molecule has 0 aromatic heterocycles. The number of anilines is 1. The van der Waals surface area contributed by atoms with Gasteiger partial charge in [-0.25, -0.2) is 13.6 Å². The van der Waals surface area contributed by atoms with Gasteiger partial charge in [0.1, 0.15) is 5.82 Å². The second-order valence-electron chi connectivity index (χ2n) is 4.86. The smallest absolute Gasteiger partial charge is 0.339 e. The number of nitrogens with one attached hydrogen (secondary N) is 1. The molecule has 24 heavy (non-hydrogen) atoms. The number of hydrogen-bond donors (Lipinski definition) is 1. The van der Waals surface area contributed by atoms with E-state index in [0.717, 1.165) is 12.1 Å². The monoisotopic (exact) mass is 335 g/mol. The summed E-state index contributed by atoms with van der Waals surface area (Å²) in [6.45, 7) is 1.40. The minimum atomic E-state index is -1.07. The van der Waals surface area contributed by atoms with Gasteiger partial charge in [-0.15, -0.1) is 0 Å². The van der Waals surface area contributed by atoms with Crippen LogP contribution in [0.3, 0.4) is 0 Å². The Hall–Kier alpha value is -2.96. The summed E-state index contributed by atoms with van der Waals surface area (Å²) in [7, 11) is 1.23. The zero-order valence-corrected chi connectivity index (χ0v) is 13.0. The molecule has 1 amide bonds. The standard InChI is InChI=1S/C17H15F2NO4/c1-10(24-15-8-7-11(18)9-13(15)19)16(21)20-14-6-4-3-5-12(14)17(22)23-2/h3-10H,1-2H3,(H,20,21)/t10-/m0/s1. The molecule has 2 rings (SSSR count). The van der Waals surface area contributed by atoms with Crippen LogP contribution in [0.25, 0.3) is 0 Å². The van der Waals surface area contributed by atoms with E-state index in [2.05, 4.69) is 10.1 Å². The summed E-state index contributed by atoms with van der Waals surface area (Å²) in [5.41, 5.74) is 0.415. The van der Waals surface area contributed by atoms with Gasteiger partial charge in [0.05, 0.1) is 18.4 Å². The van der Waals surface area contributed by atoms with Crippen LogP contribution in [0.2, 0.25) is 0 Å². The molecule has 0 spiro atoms. The Morgan fingerprint density at radius 3 is 2.50 bits per heavy atom. The minimum absolute atomic E-state index is 0.175. The summed E-state index contributed by atoms with van der Waals surface area (Å²) in [5, 5.41) is 2.52. The van der Waals surface area contributed by atoms with Crippen LogP contribution in [0.1, 0.15) is 17.3 Å². The summed E-state index contributed by atoms with van der Waals surface area (Å²) in [6, 6.07) is 9.05. The second-order valence-corrected chi connectivity index (χ2v) is 4.86. The van der Waals surface area contributed by atoms with Crippen molar-refractivity contribution < 1.29 is 27.8 Å². The fraction of sp³-hybridized carbons (Fsp3) is 0.176. The highest BCUT2D eigenvalue weighted by Crippen LogP contribution is 2.20. The molecule has 0 aliphatic rings. The Morgan fingerprint density at radius 2 is 1.83 bits per heavy atom. The van der Waals surface area contributed by atoms with Crippen molar-refractivity contribution in [2.45, 2.75) is 13.0 Å². The molecule has 0 heterocycles. The number of carbonyl (C=O) groups is 2. The molecule has 2 aromatic rings. The number of rotatable bonds is 5. The zero-order chi connectivity index (χ0) is 17.7. The third kappa shape index (κ3) is 4.07. The fourth-order valence-electron chi connectivity index (χ4n) is 1.93. The molecule has 0 saturated heterocycles. The van der Waals surface area contributed by atoms with Gasteiger partial charge < -0.3 is 14.8 Å². The molecular weight excluding hydrogens is 320 g/mol. The predicted octanol–water partition coefficient (Wildman–Crippen LogP) is 3.16. The van der Waals surface area contributed by atoms with Gasteiger partial charge in [-0.2, -0.15) is 0 Å². The molecule has 2 aromatic carbocycles. The Labute approximate surface area is 137 Å². The number of carbonyl (C=O) groups excluding carboxylic acids is 2. The van der Waals surface area contributed by atoms with Crippen LogP contribution in [-0.4, -0.2) is 25.1 Å². The Balaban J connectivity index is 2.11. The first-order valence-electron chi connectivity index (χ1n) is 7.02. The molecule has 0 aliphatic heterocycles. The maximum absolute atomic E-state index is 13.6. The molecule has 0 radical (unpaired) electrons. The maximum atomic E-state index is 13.6. The van der Waals surface area contributed by atoms with Gasteiger partial charge in [0.25, 0.3) is 5.91 Å². The van der Waals surface area contributed by atoms with Crippen LogP contribution >= 0.6 is 0 Å². The number of methoxy groups -OCH3 is 1. The first-order valence-corrected chi connectivity index (χ1v) is 7.02. The average Bonchev–Trinajstić information content (AvgIpc) is 2.57. The maximum Gasteiger partial charge on any atom is 0.339 e. The predicted molar refractivity (Wildman–Crippen MR) is 82.9 cm³/mol. The highest BCUT2D eigenvalue weighted by Gasteiger charge is 2.20.